The zero-order valence-corrected chi connectivity index (χ0v) is 12.5. The smallest absolute Gasteiger partial charge is 0.161 e. The quantitative estimate of drug-likeness (QED) is 0.833. The molecule has 3 nitrogen and oxygen atoms in total. The average Bonchev–Trinajstić information content (AvgIpc) is 2.44. The molecule has 0 radical (unpaired) electrons. The van der Waals surface area contributed by atoms with Crippen LogP contribution >= 0.6 is 11.6 Å². The maximum atomic E-state index is 5.96. The van der Waals surface area contributed by atoms with Crippen LogP contribution in [0.1, 0.15) is 25.8 Å². The van der Waals surface area contributed by atoms with Crippen LogP contribution in [0.15, 0.2) is 29.3 Å². The summed E-state index contributed by atoms with van der Waals surface area (Å²) in [6.45, 7) is 4.45. The van der Waals surface area contributed by atoms with E-state index in [1.54, 1.807) is 7.11 Å². The molecule has 1 aromatic carbocycles. The Morgan fingerprint density at radius 2 is 2.16 bits per heavy atom. The van der Waals surface area contributed by atoms with Gasteiger partial charge in [-0.05, 0) is 43.0 Å². The fraction of sp³-hybridized carbons (Fsp3) is 0.467. The van der Waals surface area contributed by atoms with Crippen molar-refractivity contribution < 1.29 is 9.47 Å². The Bertz CT molecular complexity index is 432. The van der Waals surface area contributed by atoms with Crippen LogP contribution in [-0.4, -0.2) is 19.8 Å². The van der Waals surface area contributed by atoms with E-state index in [9.17, 15) is 0 Å². The molecule has 0 aliphatic rings. The largest absolute Gasteiger partial charge is 0.493 e. The van der Waals surface area contributed by atoms with Crippen LogP contribution in [0.25, 0.3) is 0 Å². The van der Waals surface area contributed by atoms with Gasteiger partial charge in [-0.25, -0.2) is 0 Å². The summed E-state index contributed by atoms with van der Waals surface area (Å²) in [4.78, 5) is 0. The lowest BCUT2D eigenvalue weighted by Crippen LogP contribution is -2.21. The van der Waals surface area contributed by atoms with Gasteiger partial charge in [-0.1, -0.05) is 24.6 Å². The average molecular weight is 284 g/mol. The van der Waals surface area contributed by atoms with Crippen molar-refractivity contribution in [3.8, 4) is 11.5 Å². The number of benzene rings is 1. The third kappa shape index (κ3) is 5.13. The summed E-state index contributed by atoms with van der Waals surface area (Å²) >= 11 is 5.60. The first-order valence-electron chi connectivity index (χ1n) is 6.41. The number of halogens is 1. The first-order chi connectivity index (χ1) is 9.10. The Kier molecular flexibility index (Phi) is 6.74. The van der Waals surface area contributed by atoms with E-state index < -0.39 is 0 Å². The summed E-state index contributed by atoms with van der Waals surface area (Å²) in [5, 5.41) is 0. The van der Waals surface area contributed by atoms with Crippen LogP contribution < -0.4 is 15.2 Å². The van der Waals surface area contributed by atoms with E-state index in [2.05, 4.69) is 6.92 Å². The lowest BCUT2D eigenvalue weighted by molar-refractivity contribution is 0.319. The minimum atomic E-state index is 0.179. The molecule has 1 atom stereocenters. The predicted molar refractivity (Wildman–Crippen MR) is 80.1 cm³/mol. The van der Waals surface area contributed by atoms with Gasteiger partial charge in [0.15, 0.2) is 11.5 Å². The molecule has 1 unspecified atom stereocenters. The van der Waals surface area contributed by atoms with Gasteiger partial charge in [-0.15, -0.1) is 0 Å². The molecule has 0 amide bonds. The minimum Gasteiger partial charge on any atom is -0.493 e. The molecule has 0 aliphatic carbocycles. The van der Waals surface area contributed by atoms with Gasteiger partial charge in [-0.2, -0.15) is 0 Å². The molecule has 0 aliphatic heterocycles. The van der Waals surface area contributed by atoms with E-state index in [0.717, 1.165) is 29.7 Å². The molecule has 106 valence electrons. The van der Waals surface area contributed by atoms with Gasteiger partial charge < -0.3 is 15.2 Å². The Balaban J connectivity index is 2.78. The molecule has 1 aromatic rings. The second-order valence-corrected chi connectivity index (χ2v) is 4.82. The molecule has 19 heavy (non-hydrogen) atoms. The Labute approximate surface area is 120 Å². The molecule has 0 saturated carbocycles. The van der Waals surface area contributed by atoms with Crippen molar-refractivity contribution in [2.24, 2.45) is 5.73 Å². The van der Waals surface area contributed by atoms with Crippen LogP contribution in [0.2, 0.25) is 0 Å². The van der Waals surface area contributed by atoms with Crippen molar-refractivity contribution in [1.29, 1.82) is 0 Å². The number of nitrogens with two attached hydrogens (primary N) is 1. The molecule has 0 aromatic heterocycles. The monoisotopic (exact) mass is 283 g/mol. The molecule has 1 rings (SSSR count). The van der Waals surface area contributed by atoms with E-state index in [0.29, 0.717) is 12.4 Å². The van der Waals surface area contributed by atoms with Crippen LogP contribution in [0.4, 0.5) is 0 Å². The summed E-state index contributed by atoms with van der Waals surface area (Å²) in [7, 11) is 1.63. The predicted octanol–water partition coefficient (Wildman–Crippen LogP) is 3.50. The third-order valence-electron chi connectivity index (χ3n) is 2.89. The number of ether oxygens (including phenoxy) is 2. The summed E-state index contributed by atoms with van der Waals surface area (Å²) in [6, 6.07) is 6.09. The fourth-order valence-corrected chi connectivity index (χ4v) is 1.69. The number of rotatable bonds is 7. The Morgan fingerprint density at radius 1 is 1.42 bits per heavy atom. The Hall–Kier alpha value is -1.19. The van der Waals surface area contributed by atoms with Gasteiger partial charge in [0.1, 0.15) is 6.61 Å². The molecule has 0 fully saturated rings. The van der Waals surface area contributed by atoms with Crippen molar-refractivity contribution in [1.82, 2.24) is 0 Å². The third-order valence-corrected chi connectivity index (χ3v) is 3.26. The molecule has 0 spiro atoms. The maximum absolute atomic E-state index is 5.96. The van der Waals surface area contributed by atoms with Crippen molar-refractivity contribution in [3.05, 3.63) is 34.9 Å². The molecular weight excluding hydrogens is 262 g/mol. The summed E-state index contributed by atoms with van der Waals surface area (Å²) < 4.78 is 11.0. The number of methoxy groups -OCH3 is 1. The lowest BCUT2D eigenvalue weighted by atomic mass is 10.0. The van der Waals surface area contributed by atoms with Gasteiger partial charge in [-0.3, -0.25) is 0 Å². The summed E-state index contributed by atoms with van der Waals surface area (Å²) in [5.41, 5.74) is 9.59. The standard InChI is InChI=1S/C15H22ClNO2/c1-4-13(17)7-12-5-6-14(15(8-12)18-3)19-10-11(2)9-16/h5-6,8-9,13H,4,7,10,17H2,1-3H3/b11-9+. The first-order valence-corrected chi connectivity index (χ1v) is 6.85. The second kappa shape index (κ2) is 8.08. The number of hydrogen-bond acceptors (Lipinski definition) is 3. The van der Waals surface area contributed by atoms with E-state index >= 15 is 0 Å². The normalized spacial score (nSPS) is 13.2. The highest BCUT2D eigenvalue weighted by Gasteiger charge is 2.08. The SMILES string of the molecule is CCC(N)Cc1ccc(OC/C(C)=C/Cl)c(OC)c1. The van der Waals surface area contributed by atoms with Crippen LogP contribution in [0.5, 0.6) is 11.5 Å². The molecule has 0 bridgehead atoms. The van der Waals surface area contributed by atoms with E-state index in [1.165, 1.54) is 5.54 Å². The van der Waals surface area contributed by atoms with Gasteiger partial charge in [0.05, 0.1) is 7.11 Å². The first kappa shape index (κ1) is 15.9. The highest BCUT2D eigenvalue weighted by Crippen LogP contribution is 2.29. The maximum Gasteiger partial charge on any atom is 0.161 e. The lowest BCUT2D eigenvalue weighted by Gasteiger charge is -2.14. The van der Waals surface area contributed by atoms with Crippen molar-refractivity contribution >= 4 is 11.6 Å². The van der Waals surface area contributed by atoms with Gasteiger partial charge in [0.2, 0.25) is 0 Å². The summed E-state index contributed by atoms with van der Waals surface area (Å²) in [5.74, 6) is 1.44. The van der Waals surface area contributed by atoms with E-state index in [4.69, 9.17) is 26.8 Å². The number of hydrogen-bond donors (Lipinski definition) is 1. The van der Waals surface area contributed by atoms with Crippen molar-refractivity contribution in [2.45, 2.75) is 32.7 Å². The van der Waals surface area contributed by atoms with Gasteiger partial charge in [0, 0.05) is 11.6 Å². The second-order valence-electron chi connectivity index (χ2n) is 4.60. The van der Waals surface area contributed by atoms with E-state index in [-0.39, 0.29) is 6.04 Å². The van der Waals surface area contributed by atoms with E-state index in [1.807, 2.05) is 25.1 Å². The highest BCUT2D eigenvalue weighted by atomic mass is 35.5. The van der Waals surface area contributed by atoms with Crippen molar-refractivity contribution in [3.63, 3.8) is 0 Å². The molecule has 4 heteroatoms. The topological polar surface area (TPSA) is 44.5 Å². The molecule has 0 saturated heterocycles. The van der Waals surface area contributed by atoms with Crippen LogP contribution in [-0.2, 0) is 6.42 Å². The zero-order valence-electron chi connectivity index (χ0n) is 11.8. The highest BCUT2D eigenvalue weighted by molar-refractivity contribution is 6.25. The van der Waals surface area contributed by atoms with Gasteiger partial charge in [0.25, 0.3) is 0 Å². The molecular formula is C15H22ClNO2. The molecule has 0 heterocycles. The zero-order chi connectivity index (χ0) is 14.3. The Morgan fingerprint density at radius 3 is 2.74 bits per heavy atom. The minimum absolute atomic E-state index is 0.179. The van der Waals surface area contributed by atoms with Crippen LogP contribution in [0.3, 0.4) is 0 Å². The van der Waals surface area contributed by atoms with Crippen molar-refractivity contribution in [2.75, 3.05) is 13.7 Å². The molecule has 2 N–H and O–H groups in total. The summed E-state index contributed by atoms with van der Waals surface area (Å²) in [6.07, 6.45) is 1.80. The van der Waals surface area contributed by atoms with Gasteiger partial charge >= 0.3 is 0 Å². The van der Waals surface area contributed by atoms with Crippen LogP contribution in [0, 0.1) is 0 Å². The fourth-order valence-electron chi connectivity index (χ4n) is 1.63.